The van der Waals surface area contributed by atoms with E-state index in [4.69, 9.17) is 0 Å². The lowest BCUT2D eigenvalue weighted by atomic mass is 10.1. The smallest absolute Gasteiger partial charge is 0.236 e. The molecule has 1 aliphatic heterocycles. The fourth-order valence-corrected chi connectivity index (χ4v) is 1.26. The zero-order valence-corrected chi connectivity index (χ0v) is 7.82. The van der Waals surface area contributed by atoms with E-state index in [1.807, 2.05) is 0 Å². The molecular formula is C9H10F5N. The second-order valence-corrected chi connectivity index (χ2v) is 3.22. The second-order valence-electron chi connectivity index (χ2n) is 3.22. The predicted molar refractivity (Wildman–Crippen MR) is 45.5 cm³/mol. The molecule has 0 aliphatic carbocycles. The van der Waals surface area contributed by atoms with Crippen molar-refractivity contribution in [2.24, 2.45) is 0 Å². The van der Waals surface area contributed by atoms with E-state index < -0.39 is 17.8 Å². The maximum atomic E-state index is 13.3. The van der Waals surface area contributed by atoms with E-state index in [2.05, 4.69) is 6.58 Å². The molecule has 0 spiro atoms. The summed E-state index contributed by atoms with van der Waals surface area (Å²) in [4.78, 5) is 0.461. The van der Waals surface area contributed by atoms with Gasteiger partial charge in [0.1, 0.15) is 5.57 Å². The van der Waals surface area contributed by atoms with Crippen molar-refractivity contribution in [1.29, 1.82) is 0 Å². The average Bonchev–Trinajstić information content (AvgIpc) is 2.16. The first-order chi connectivity index (χ1) is 6.76. The van der Waals surface area contributed by atoms with Crippen LogP contribution in [0.2, 0.25) is 0 Å². The number of halogens is 5. The van der Waals surface area contributed by atoms with Crippen LogP contribution in [0.3, 0.4) is 0 Å². The van der Waals surface area contributed by atoms with Crippen LogP contribution in [0.15, 0.2) is 24.3 Å². The molecule has 0 aromatic heterocycles. The highest BCUT2D eigenvalue weighted by Crippen LogP contribution is 2.38. The van der Waals surface area contributed by atoms with E-state index in [1.165, 1.54) is 6.08 Å². The van der Waals surface area contributed by atoms with Crippen molar-refractivity contribution >= 4 is 0 Å². The minimum absolute atomic E-state index is 0.0986. The Kier molecular flexibility index (Phi) is 3.18. The van der Waals surface area contributed by atoms with Crippen LogP contribution in [-0.2, 0) is 0 Å². The minimum Gasteiger partial charge on any atom is -0.236 e. The van der Waals surface area contributed by atoms with Gasteiger partial charge in [-0.1, -0.05) is 18.7 Å². The summed E-state index contributed by atoms with van der Waals surface area (Å²) in [6.07, 6.45) is -1.67. The van der Waals surface area contributed by atoms with E-state index >= 15 is 0 Å². The number of alkyl halides is 5. The van der Waals surface area contributed by atoms with Gasteiger partial charge in [0, 0.05) is 13.1 Å². The molecule has 0 bridgehead atoms. The van der Waals surface area contributed by atoms with Crippen LogP contribution in [0.1, 0.15) is 6.42 Å². The van der Waals surface area contributed by atoms with Crippen molar-refractivity contribution in [1.82, 2.24) is 4.90 Å². The summed E-state index contributed by atoms with van der Waals surface area (Å²) < 4.78 is 62.8. The molecule has 0 unspecified atom stereocenters. The highest BCUT2D eigenvalue weighted by Gasteiger charge is 2.52. The summed E-state index contributed by atoms with van der Waals surface area (Å²) in [6, 6.07) is -4.02. The summed E-state index contributed by atoms with van der Waals surface area (Å²) in [6.45, 7) is 2.14. The van der Waals surface area contributed by atoms with Crippen molar-refractivity contribution in [2.45, 2.75) is 18.6 Å². The van der Waals surface area contributed by atoms with Gasteiger partial charge in [-0.3, -0.25) is 0 Å². The standard InChI is InChI=1S/C9H10F5N/c1-7(8(10,11)12)9(13,14)15-5-3-2-4-6-15/h2-3H,1,4-6H2. The first-order valence-corrected chi connectivity index (χ1v) is 4.30. The summed E-state index contributed by atoms with van der Waals surface area (Å²) in [7, 11) is 0. The van der Waals surface area contributed by atoms with Crippen LogP contribution < -0.4 is 0 Å². The largest absolute Gasteiger partial charge is 0.419 e. The molecule has 1 nitrogen and oxygen atoms in total. The van der Waals surface area contributed by atoms with Gasteiger partial charge in [0.25, 0.3) is 0 Å². The quantitative estimate of drug-likeness (QED) is 0.398. The molecule has 86 valence electrons. The Hall–Kier alpha value is -0.910. The fourth-order valence-electron chi connectivity index (χ4n) is 1.26. The zero-order chi connectivity index (χ0) is 11.7. The molecule has 0 amide bonds. The minimum atomic E-state index is -5.06. The summed E-state index contributed by atoms with van der Waals surface area (Å²) >= 11 is 0. The monoisotopic (exact) mass is 227 g/mol. The molecule has 0 atom stereocenters. The van der Waals surface area contributed by atoms with Gasteiger partial charge in [-0.2, -0.15) is 22.0 Å². The number of rotatable bonds is 2. The van der Waals surface area contributed by atoms with E-state index in [0.717, 1.165) is 0 Å². The molecule has 6 heteroatoms. The normalized spacial score (nSPS) is 19.3. The van der Waals surface area contributed by atoms with Crippen LogP contribution in [-0.4, -0.2) is 30.2 Å². The molecule has 0 aromatic carbocycles. The zero-order valence-electron chi connectivity index (χ0n) is 7.82. The molecule has 1 aliphatic rings. The molecule has 0 saturated heterocycles. The summed E-state index contributed by atoms with van der Waals surface area (Å²) in [5.41, 5.74) is -2.01. The molecule has 1 rings (SSSR count). The predicted octanol–water partition coefficient (Wildman–Crippen LogP) is 2.96. The SMILES string of the molecule is C=C(C(F)(F)F)C(F)(F)N1CC=CCC1. The third kappa shape index (κ3) is 2.56. The van der Waals surface area contributed by atoms with E-state index in [9.17, 15) is 22.0 Å². The Morgan fingerprint density at radius 3 is 2.13 bits per heavy atom. The summed E-state index contributed by atoms with van der Waals surface area (Å²) in [5.74, 6) is 0. The third-order valence-electron chi connectivity index (χ3n) is 2.16. The van der Waals surface area contributed by atoms with Crippen molar-refractivity contribution in [2.75, 3.05) is 13.1 Å². The highest BCUT2D eigenvalue weighted by atomic mass is 19.4. The van der Waals surface area contributed by atoms with Gasteiger partial charge >= 0.3 is 12.2 Å². The van der Waals surface area contributed by atoms with Crippen molar-refractivity contribution in [3.8, 4) is 0 Å². The van der Waals surface area contributed by atoms with Crippen LogP contribution in [0, 0.1) is 0 Å². The Bertz CT molecular complexity index is 279. The van der Waals surface area contributed by atoms with Gasteiger partial charge in [-0.15, -0.1) is 0 Å². The Labute approximate surface area is 83.9 Å². The topological polar surface area (TPSA) is 3.24 Å². The number of hydrogen-bond donors (Lipinski definition) is 0. The number of hydrogen-bond acceptors (Lipinski definition) is 1. The lowest BCUT2D eigenvalue weighted by Gasteiger charge is -2.33. The van der Waals surface area contributed by atoms with E-state index in [0.29, 0.717) is 11.3 Å². The molecule has 0 aromatic rings. The first kappa shape index (κ1) is 12.2. The van der Waals surface area contributed by atoms with Crippen LogP contribution in [0.25, 0.3) is 0 Å². The lowest BCUT2D eigenvalue weighted by molar-refractivity contribution is -0.177. The molecular weight excluding hydrogens is 217 g/mol. The van der Waals surface area contributed by atoms with Gasteiger partial charge < -0.3 is 0 Å². The van der Waals surface area contributed by atoms with Crippen LogP contribution >= 0.6 is 0 Å². The highest BCUT2D eigenvalue weighted by molar-refractivity contribution is 5.14. The maximum absolute atomic E-state index is 13.3. The van der Waals surface area contributed by atoms with Crippen molar-refractivity contribution < 1.29 is 22.0 Å². The maximum Gasteiger partial charge on any atom is 0.419 e. The van der Waals surface area contributed by atoms with Gasteiger partial charge in [-0.25, -0.2) is 4.90 Å². The molecule has 0 N–H and O–H groups in total. The molecule has 0 saturated carbocycles. The third-order valence-corrected chi connectivity index (χ3v) is 2.16. The second kappa shape index (κ2) is 3.92. The van der Waals surface area contributed by atoms with E-state index in [-0.39, 0.29) is 13.1 Å². The van der Waals surface area contributed by atoms with E-state index in [1.54, 1.807) is 6.08 Å². The molecule has 15 heavy (non-hydrogen) atoms. The van der Waals surface area contributed by atoms with Crippen LogP contribution in [0.4, 0.5) is 22.0 Å². The molecule has 0 radical (unpaired) electrons. The number of nitrogens with zero attached hydrogens (tertiary/aromatic N) is 1. The van der Waals surface area contributed by atoms with Gasteiger partial charge in [0.15, 0.2) is 0 Å². The Morgan fingerprint density at radius 2 is 1.73 bits per heavy atom. The Morgan fingerprint density at radius 1 is 1.13 bits per heavy atom. The molecule has 1 heterocycles. The van der Waals surface area contributed by atoms with Crippen molar-refractivity contribution in [3.63, 3.8) is 0 Å². The van der Waals surface area contributed by atoms with Crippen LogP contribution in [0.5, 0.6) is 0 Å². The molecule has 0 fully saturated rings. The van der Waals surface area contributed by atoms with Gasteiger partial charge in [0.2, 0.25) is 0 Å². The Balaban J connectivity index is 2.82. The fraction of sp³-hybridized carbons (Fsp3) is 0.556. The first-order valence-electron chi connectivity index (χ1n) is 4.30. The van der Waals surface area contributed by atoms with Gasteiger partial charge in [-0.05, 0) is 6.42 Å². The van der Waals surface area contributed by atoms with Crippen molar-refractivity contribution in [3.05, 3.63) is 24.3 Å². The summed E-state index contributed by atoms with van der Waals surface area (Å²) in [5, 5.41) is 0. The lowest BCUT2D eigenvalue weighted by Crippen LogP contribution is -2.47. The van der Waals surface area contributed by atoms with Gasteiger partial charge in [0.05, 0.1) is 0 Å². The average molecular weight is 227 g/mol.